The highest BCUT2D eigenvalue weighted by atomic mass is 32.2. The van der Waals surface area contributed by atoms with Crippen LogP contribution in [0, 0.1) is 12.8 Å². The Balaban J connectivity index is 2.01. The number of rotatable bonds is 14. The zero-order chi connectivity index (χ0) is 30.9. The predicted molar refractivity (Wildman–Crippen MR) is 164 cm³/mol. The average Bonchev–Trinajstić information content (AvgIpc) is 2.98. The summed E-state index contributed by atoms with van der Waals surface area (Å²) in [6.45, 7) is 9.83. The molecule has 226 valence electrons. The van der Waals surface area contributed by atoms with E-state index in [-0.39, 0.29) is 23.3 Å². The molecule has 10 heteroatoms. The summed E-state index contributed by atoms with van der Waals surface area (Å²) in [4.78, 5) is 28.6. The summed E-state index contributed by atoms with van der Waals surface area (Å²) >= 11 is 0. The maximum Gasteiger partial charge on any atom is 0.264 e. The molecule has 1 unspecified atom stereocenters. The fourth-order valence-corrected chi connectivity index (χ4v) is 5.62. The second-order valence-corrected chi connectivity index (χ2v) is 12.3. The number of nitrogens with zero attached hydrogens (tertiary/aromatic N) is 2. The van der Waals surface area contributed by atoms with Gasteiger partial charge in [0.1, 0.15) is 24.1 Å². The highest BCUT2D eigenvalue weighted by molar-refractivity contribution is 7.92. The van der Waals surface area contributed by atoms with E-state index in [9.17, 15) is 18.0 Å². The normalized spacial score (nSPS) is 12.0. The van der Waals surface area contributed by atoms with Crippen molar-refractivity contribution in [2.24, 2.45) is 5.92 Å². The number of ether oxygens (including phenoxy) is 2. The molecule has 1 N–H and O–H groups in total. The summed E-state index contributed by atoms with van der Waals surface area (Å²) in [6, 6.07) is 19.3. The van der Waals surface area contributed by atoms with Gasteiger partial charge in [-0.15, -0.1) is 0 Å². The topological polar surface area (TPSA) is 105 Å². The van der Waals surface area contributed by atoms with E-state index in [0.717, 1.165) is 15.4 Å². The van der Waals surface area contributed by atoms with E-state index in [0.29, 0.717) is 30.3 Å². The molecule has 3 aromatic carbocycles. The number of amides is 2. The molecule has 42 heavy (non-hydrogen) atoms. The number of hydrogen-bond acceptors (Lipinski definition) is 6. The lowest BCUT2D eigenvalue weighted by Crippen LogP contribution is -2.51. The highest BCUT2D eigenvalue weighted by Gasteiger charge is 2.32. The maximum absolute atomic E-state index is 14.0. The molecule has 0 aliphatic heterocycles. The third-order valence-electron chi connectivity index (χ3n) is 6.69. The van der Waals surface area contributed by atoms with Crippen molar-refractivity contribution >= 4 is 27.5 Å². The van der Waals surface area contributed by atoms with Crippen molar-refractivity contribution in [2.75, 3.05) is 31.1 Å². The summed E-state index contributed by atoms with van der Waals surface area (Å²) in [5.74, 6) is 0.617. The molecular weight excluding hydrogens is 554 g/mol. The molecule has 0 radical (unpaired) electrons. The summed E-state index contributed by atoms with van der Waals surface area (Å²) in [6.07, 6.45) is 0. The van der Waals surface area contributed by atoms with Crippen molar-refractivity contribution in [3.8, 4) is 11.5 Å². The van der Waals surface area contributed by atoms with E-state index in [2.05, 4.69) is 5.32 Å². The van der Waals surface area contributed by atoms with Gasteiger partial charge in [-0.3, -0.25) is 13.9 Å². The van der Waals surface area contributed by atoms with Crippen molar-refractivity contribution in [3.63, 3.8) is 0 Å². The van der Waals surface area contributed by atoms with Crippen LogP contribution in [0.4, 0.5) is 5.69 Å². The number of carbonyl (C=O) groups is 2. The van der Waals surface area contributed by atoms with E-state index in [1.54, 1.807) is 62.6 Å². The van der Waals surface area contributed by atoms with Crippen LogP contribution in [0.15, 0.2) is 77.7 Å². The van der Waals surface area contributed by atoms with Crippen LogP contribution in [0.3, 0.4) is 0 Å². The first-order valence-electron chi connectivity index (χ1n) is 14.0. The van der Waals surface area contributed by atoms with Crippen LogP contribution in [0.5, 0.6) is 11.5 Å². The first-order valence-corrected chi connectivity index (χ1v) is 15.4. The summed E-state index contributed by atoms with van der Waals surface area (Å²) in [5, 5.41) is 2.89. The quantitative estimate of drug-likeness (QED) is 0.288. The van der Waals surface area contributed by atoms with Crippen molar-refractivity contribution in [1.82, 2.24) is 10.2 Å². The Hall–Kier alpha value is -4.05. The van der Waals surface area contributed by atoms with Gasteiger partial charge in [0.2, 0.25) is 11.8 Å². The molecule has 3 rings (SSSR count). The molecule has 2 amide bonds. The van der Waals surface area contributed by atoms with Crippen molar-refractivity contribution in [2.45, 2.75) is 52.1 Å². The Morgan fingerprint density at radius 1 is 0.881 bits per heavy atom. The van der Waals surface area contributed by atoms with Gasteiger partial charge in [0.25, 0.3) is 10.0 Å². The van der Waals surface area contributed by atoms with Gasteiger partial charge in [-0.1, -0.05) is 43.7 Å². The Bertz CT molecular complexity index is 1420. The smallest absolute Gasteiger partial charge is 0.264 e. The Morgan fingerprint density at radius 2 is 1.48 bits per heavy atom. The predicted octanol–water partition coefficient (Wildman–Crippen LogP) is 4.79. The molecular formula is C32H41N3O6S. The molecule has 0 aliphatic carbocycles. The van der Waals surface area contributed by atoms with Crippen LogP contribution in [-0.4, -0.2) is 58.0 Å². The van der Waals surface area contributed by atoms with Gasteiger partial charge in [-0.25, -0.2) is 8.42 Å². The highest BCUT2D eigenvalue weighted by Crippen LogP contribution is 2.27. The summed E-state index contributed by atoms with van der Waals surface area (Å²) in [7, 11) is -2.58. The van der Waals surface area contributed by atoms with Gasteiger partial charge in [-0.2, -0.15) is 0 Å². The number of carbonyl (C=O) groups excluding carboxylic acids is 2. The van der Waals surface area contributed by atoms with Gasteiger partial charge in [0, 0.05) is 13.1 Å². The molecule has 0 saturated carbocycles. The van der Waals surface area contributed by atoms with Crippen molar-refractivity contribution in [3.05, 3.63) is 83.9 Å². The van der Waals surface area contributed by atoms with E-state index in [4.69, 9.17) is 9.47 Å². The van der Waals surface area contributed by atoms with E-state index in [1.807, 2.05) is 39.8 Å². The number of hydrogen-bond donors (Lipinski definition) is 1. The Kier molecular flexibility index (Phi) is 11.4. The first kappa shape index (κ1) is 32.5. The molecule has 1 atom stereocenters. The number of methoxy groups -OCH3 is 1. The first-order chi connectivity index (χ1) is 20.0. The minimum absolute atomic E-state index is 0.0548. The third kappa shape index (κ3) is 8.48. The Labute approximate surface area is 249 Å². The Morgan fingerprint density at radius 3 is 2.02 bits per heavy atom. The largest absolute Gasteiger partial charge is 0.497 e. The van der Waals surface area contributed by atoms with Crippen LogP contribution in [0.2, 0.25) is 0 Å². The molecule has 0 saturated heterocycles. The third-order valence-corrected chi connectivity index (χ3v) is 8.48. The molecule has 0 spiro atoms. The fourth-order valence-electron chi connectivity index (χ4n) is 4.20. The number of anilines is 1. The zero-order valence-electron chi connectivity index (χ0n) is 25.2. The number of sulfonamides is 1. The molecule has 0 heterocycles. The lowest BCUT2D eigenvalue weighted by Gasteiger charge is -2.32. The SMILES string of the molecule is CCOc1ccc(N(CC(=O)N(Cc2ccc(OC)cc2)C(C)C(=O)NCC(C)C)S(=O)(=O)c2ccc(C)cc2)cc1. The van der Waals surface area contributed by atoms with Crippen LogP contribution in [0.1, 0.15) is 38.8 Å². The second-order valence-electron chi connectivity index (χ2n) is 10.4. The van der Waals surface area contributed by atoms with Gasteiger partial charge >= 0.3 is 0 Å². The summed E-state index contributed by atoms with van der Waals surface area (Å²) in [5.41, 5.74) is 1.97. The van der Waals surface area contributed by atoms with Gasteiger partial charge in [0.05, 0.1) is 24.3 Å². The van der Waals surface area contributed by atoms with Crippen LogP contribution in [-0.2, 0) is 26.2 Å². The minimum Gasteiger partial charge on any atom is -0.497 e. The number of benzene rings is 3. The van der Waals surface area contributed by atoms with E-state index < -0.39 is 28.5 Å². The average molecular weight is 596 g/mol. The lowest BCUT2D eigenvalue weighted by molar-refractivity contribution is -0.139. The standard InChI is InChI=1S/C32H41N3O6S/c1-7-41-29-16-12-27(13-17-29)35(42(38,39)30-18-8-24(4)9-19-30)22-31(36)34(25(5)32(37)33-20-23(2)3)21-26-10-14-28(40-6)15-11-26/h8-19,23,25H,7,20-22H2,1-6H3,(H,33,37). The van der Waals surface area contributed by atoms with Gasteiger partial charge < -0.3 is 19.7 Å². The second kappa shape index (κ2) is 14.7. The van der Waals surface area contributed by atoms with Gasteiger partial charge in [0.15, 0.2) is 0 Å². The van der Waals surface area contributed by atoms with E-state index >= 15 is 0 Å². The molecule has 0 fully saturated rings. The maximum atomic E-state index is 14.0. The van der Waals surface area contributed by atoms with Crippen molar-refractivity contribution in [1.29, 1.82) is 0 Å². The molecule has 0 aromatic heterocycles. The van der Waals surface area contributed by atoms with Crippen LogP contribution in [0.25, 0.3) is 0 Å². The zero-order valence-corrected chi connectivity index (χ0v) is 26.0. The molecule has 9 nitrogen and oxygen atoms in total. The van der Waals surface area contributed by atoms with Gasteiger partial charge in [-0.05, 0) is 80.8 Å². The summed E-state index contributed by atoms with van der Waals surface area (Å²) < 4.78 is 39.8. The minimum atomic E-state index is -4.15. The fraction of sp³-hybridized carbons (Fsp3) is 0.375. The number of nitrogens with one attached hydrogen (secondary N) is 1. The van der Waals surface area contributed by atoms with Crippen LogP contribution < -0.4 is 19.1 Å². The van der Waals surface area contributed by atoms with Crippen molar-refractivity contribution < 1.29 is 27.5 Å². The lowest BCUT2D eigenvalue weighted by atomic mass is 10.1. The van der Waals surface area contributed by atoms with E-state index in [1.165, 1.54) is 17.0 Å². The number of aryl methyl sites for hydroxylation is 1. The molecule has 0 aliphatic rings. The van der Waals surface area contributed by atoms with Crippen LogP contribution >= 0.6 is 0 Å². The molecule has 0 bridgehead atoms. The molecule has 3 aromatic rings. The monoisotopic (exact) mass is 595 g/mol.